The molecule has 0 unspecified atom stereocenters. The van der Waals surface area contributed by atoms with Crippen LogP contribution in [-0.2, 0) is 5.41 Å². The van der Waals surface area contributed by atoms with Gasteiger partial charge in [0.1, 0.15) is 0 Å². The Morgan fingerprint density at radius 3 is 2.02 bits per heavy atom. The van der Waals surface area contributed by atoms with Gasteiger partial charge in [0.15, 0.2) is 0 Å². The normalized spacial score (nSPS) is 15.1. The summed E-state index contributed by atoms with van der Waals surface area (Å²) in [6, 6.07) is 47.7. The quantitative estimate of drug-likeness (QED) is 0.190. The molecule has 2 heterocycles. The Morgan fingerprint density at radius 1 is 0.511 bits per heavy atom. The van der Waals surface area contributed by atoms with Crippen LogP contribution in [0.4, 0.5) is 0 Å². The number of para-hydroxylation sites is 2. The van der Waals surface area contributed by atoms with Crippen molar-refractivity contribution in [1.29, 1.82) is 0 Å². The molecule has 0 bridgehead atoms. The van der Waals surface area contributed by atoms with Gasteiger partial charge in [0, 0.05) is 38.3 Å². The van der Waals surface area contributed by atoms with Crippen molar-refractivity contribution >= 4 is 49.3 Å². The summed E-state index contributed by atoms with van der Waals surface area (Å²) in [4.78, 5) is 0. The third kappa shape index (κ3) is 3.73. The van der Waals surface area contributed by atoms with E-state index in [4.69, 9.17) is 0 Å². The Hall–Kier alpha value is -5.60. The van der Waals surface area contributed by atoms with Gasteiger partial charge in [-0.25, -0.2) is 0 Å². The molecule has 0 amide bonds. The highest BCUT2D eigenvalue weighted by Crippen LogP contribution is 2.51. The van der Waals surface area contributed by atoms with E-state index in [0.29, 0.717) is 0 Å². The second-order valence-electron chi connectivity index (χ2n) is 13.7. The van der Waals surface area contributed by atoms with Crippen LogP contribution in [0, 0.1) is 0 Å². The van der Waals surface area contributed by atoms with Gasteiger partial charge < -0.3 is 9.13 Å². The van der Waals surface area contributed by atoms with Gasteiger partial charge in [-0.05, 0) is 101 Å². The van der Waals surface area contributed by atoms with Crippen molar-refractivity contribution in [3.05, 3.63) is 157 Å². The summed E-state index contributed by atoms with van der Waals surface area (Å²) in [6.07, 6.45) is 8.86. The maximum atomic E-state index is 2.47. The van der Waals surface area contributed by atoms with Gasteiger partial charge in [-0.1, -0.05) is 105 Å². The van der Waals surface area contributed by atoms with Crippen molar-refractivity contribution in [1.82, 2.24) is 9.13 Å². The third-order valence-corrected chi connectivity index (χ3v) is 10.8. The molecule has 2 aromatic heterocycles. The lowest BCUT2D eigenvalue weighted by molar-refractivity contribution is 0.661. The summed E-state index contributed by atoms with van der Waals surface area (Å²) in [5, 5.41) is 5.20. The average Bonchev–Trinajstić information content (AvgIpc) is 3.71. The van der Waals surface area contributed by atoms with Crippen molar-refractivity contribution < 1.29 is 0 Å². The highest BCUT2D eigenvalue weighted by atomic mass is 15.0. The molecule has 2 aliphatic rings. The van der Waals surface area contributed by atoms with Crippen molar-refractivity contribution in [2.45, 2.75) is 32.1 Å². The highest BCUT2D eigenvalue weighted by molar-refractivity contribution is 6.13. The first kappa shape index (κ1) is 26.6. The van der Waals surface area contributed by atoms with E-state index in [2.05, 4.69) is 169 Å². The van der Waals surface area contributed by atoms with Crippen molar-refractivity contribution in [3.8, 4) is 27.9 Å². The monoisotopic (exact) mass is 602 g/mol. The second kappa shape index (κ2) is 9.70. The van der Waals surface area contributed by atoms with E-state index in [1.54, 1.807) is 0 Å². The fourth-order valence-electron chi connectivity index (χ4n) is 8.50. The lowest BCUT2D eigenvalue weighted by Gasteiger charge is -2.21. The van der Waals surface area contributed by atoms with Gasteiger partial charge in [-0.15, -0.1) is 0 Å². The Bertz CT molecular complexity index is 2650. The van der Waals surface area contributed by atoms with Gasteiger partial charge in [0.25, 0.3) is 0 Å². The highest BCUT2D eigenvalue weighted by Gasteiger charge is 2.36. The van der Waals surface area contributed by atoms with Crippen LogP contribution in [0.15, 0.2) is 146 Å². The van der Waals surface area contributed by atoms with E-state index in [1.165, 1.54) is 88.4 Å². The standard InChI is InChI=1S/C45H34N2/c1-45(2)39-20-9-6-17-33(39)36-27-38-35-19-8-11-22-42(35)47(44(38)28-40(36)45)32-16-12-13-29(25-32)30-23-24-43-37(26-30)34-18-7-10-21-41(34)46(43)31-14-4-3-5-15-31/h3-4,6-14,16-28H,5,15H2,1-2H3. The summed E-state index contributed by atoms with van der Waals surface area (Å²) in [7, 11) is 0. The van der Waals surface area contributed by atoms with Crippen LogP contribution >= 0.6 is 0 Å². The molecule has 0 spiro atoms. The topological polar surface area (TPSA) is 9.86 Å². The number of nitrogens with zero attached hydrogens (tertiary/aromatic N) is 2. The van der Waals surface area contributed by atoms with Crippen LogP contribution in [0.2, 0.25) is 0 Å². The fourth-order valence-corrected chi connectivity index (χ4v) is 8.50. The molecule has 47 heavy (non-hydrogen) atoms. The first-order valence-electron chi connectivity index (χ1n) is 16.8. The minimum atomic E-state index is -0.0538. The van der Waals surface area contributed by atoms with E-state index < -0.39 is 0 Å². The molecular formula is C45H34N2. The molecule has 0 N–H and O–H groups in total. The Morgan fingerprint density at radius 2 is 1.21 bits per heavy atom. The molecule has 2 nitrogen and oxygen atoms in total. The Balaban J connectivity index is 1.17. The number of benzene rings is 6. The van der Waals surface area contributed by atoms with E-state index in [-0.39, 0.29) is 5.41 Å². The molecule has 8 aromatic rings. The summed E-state index contributed by atoms with van der Waals surface area (Å²) in [5.74, 6) is 0. The molecule has 2 aliphatic carbocycles. The molecule has 0 atom stereocenters. The summed E-state index contributed by atoms with van der Waals surface area (Å²) >= 11 is 0. The molecule has 0 saturated heterocycles. The first-order valence-corrected chi connectivity index (χ1v) is 16.8. The first-order chi connectivity index (χ1) is 23.1. The van der Waals surface area contributed by atoms with Crippen LogP contribution in [0.3, 0.4) is 0 Å². The molecule has 10 rings (SSSR count). The second-order valence-corrected chi connectivity index (χ2v) is 13.7. The van der Waals surface area contributed by atoms with Gasteiger partial charge in [-0.2, -0.15) is 0 Å². The minimum absolute atomic E-state index is 0.0538. The Labute approximate surface area is 274 Å². The van der Waals surface area contributed by atoms with Crippen LogP contribution < -0.4 is 0 Å². The molecule has 2 heteroatoms. The third-order valence-electron chi connectivity index (χ3n) is 10.8. The SMILES string of the molecule is CC1(C)c2ccccc2-c2cc3c4ccccc4n(-c4cccc(-c5ccc6c(c5)c5ccccc5n6C5=CC=CCC5)c4)c3cc21. The van der Waals surface area contributed by atoms with Crippen molar-refractivity contribution in [2.24, 2.45) is 0 Å². The van der Waals surface area contributed by atoms with Crippen molar-refractivity contribution in [2.75, 3.05) is 0 Å². The number of hydrogen-bond acceptors (Lipinski definition) is 0. The fraction of sp³-hybridized carbons (Fsp3) is 0.111. The zero-order valence-corrected chi connectivity index (χ0v) is 26.7. The van der Waals surface area contributed by atoms with Crippen LogP contribution in [0.25, 0.3) is 77.2 Å². The number of allylic oxidation sites excluding steroid dienone is 4. The molecular weight excluding hydrogens is 569 g/mol. The summed E-state index contributed by atoms with van der Waals surface area (Å²) in [6.45, 7) is 4.73. The summed E-state index contributed by atoms with van der Waals surface area (Å²) in [5.41, 5.74) is 15.5. The van der Waals surface area contributed by atoms with E-state index >= 15 is 0 Å². The maximum absolute atomic E-state index is 2.47. The Kier molecular flexibility index (Phi) is 5.49. The largest absolute Gasteiger partial charge is 0.313 e. The van der Waals surface area contributed by atoms with Gasteiger partial charge in [0.05, 0.1) is 22.1 Å². The van der Waals surface area contributed by atoms with Gasteiger partial charge in [-0.3, -0.25) is 0 Å². The lowest BCUT2D eigenvalue weighted by atomic mass is 9.82. The molecule has 224 valence electrons. The predicted molar refractivity (Wildman–Crippen MR) is 199 cm³/mol. The molecule has 0 aliphatic heterocycles. The van der Waals surface area contributed by atoms with E-state index in [9.17, 15) is 0 Å². The van der Waals surface area contributed by atoms with E-state index in [0.717, 1.165) is 12.8 Å². The zero-order chi connectivity index (χ0) is 31.3. The molecule has 0 radical (unpaired) electrons. The average molecular weight is 603 g/mol. The van der Waals surface area contributed by atoms with Crippen LogP contribution in [-0.4, -0.2) is 9.13 Å². The number of fused-ring (bicyclic) bond motifs is 9. The summed E-state index contributed by atoms with van der Waals surface area (Å²) < 4.78 is 4.94. The molecule has 0 saturated carbocycles. The molecule has 6 aromatic carbocycles. The maximum Gasteiger partial charge on any atom is 0.0544 e. The lowest BCUT2D eigenvalue weighted by Crippen LogP contribution is -2.14. The predicted octanol–water partition coefficient (Wildman–Crippen LogP) is 12.1. The minimum Gasteiger partial charge on any atom is -0.313 e. The number of hydrogen-bond donors (Lipinski definition) is 0. The number of rotatable bonds is 3. The molecule has 0 fully saturated rings. The van der Waals surface area contributed by atoms with Crippen LogP contribution in [0.5, 0.6) is 0 Å². The van der Waals surface area contributed by atoms with Crippen LogP contribution in [0.1, 0.15) is 37.8 Å². The smallest absolute Gasteiger partial charge is 0.0544 e. The van der Waals surface area contributed by atoms with Crippen molar-refractivity contribution in [3.63, 3.8) is 0 Å². The van der Waals surface area contributed by atoms with E-state index in [1.807, 2.05) is 0 Å². The van der Waals surface area contributed by atoms with Gasteiger partial charge in [0.2, 0.25) is 0 Å². The number of aromatic nitrogens is 2. The van der Waals surface area contributed by atoms with Gasteiger partial charge >= 0.3 is 0 Å². The zero-order valence-electron chi connectivity index (χ0n) is 26.7.